The molecule has 7 heteroatoms. The minimum absolute atomic E-state index is 0.172. The highest BCUT2D eigenvalue weighted by atomic mass is 16.5. The van der Waals surface area contributed by atoms with Gasteiger partial charge in [-0.15, -0.1) is 0 Å². The molecule has 1 aromatic carbocycles. The van der Waals surface area contributed by atoms with Crippen LogP contribution in [-0.2, 0) is 20.9 Å². The third kappa shape index (κ3) is 5.74. The number of nitrogens with zero attached hydrogens (tertiary/aromatic N) is 3. The fourth-order valence-corrected chi connectivity index (χ4v) is 2.38. The maximum atomic E-state index is 12.1. The van der Waals surface area contributed by atoms with Gasteiger partial charge in [0.05, 0.1) is 6.54 Å². The number of nitriles is 1. The summed E-state index contributed by atoms with van der Waals surface area (Å²) in [5, 5.41) is 9.24. The molecule has 1 amide bonds. The largest absolute Gasteiger partial charge is 0.464 e. The highest BCUT2D eigenvalue weighted by Gasteiger charge is 2.16. The van der Waals surface area contributed by atoms with Crippen LogP contribution >= 0.6 is 0 Å². The summed E-state index contributed by atoms with van der Waals surface area (Å²) in [5.41, 5.74) is 1.52. The maximum absolute atomic E-state index is 12.1. The molecule has 28 heavy (non-hydrogen) atoms. The molecule has 0 unspecified atom stereocenters. The Labute approximate surface area is 164 Å². The number of aryl methyl sites for hydroxylation is 1. The molecule has 0 saturated heterocycles. The molecular formula is C21H23N3O4. The van der Waals surface area contributed by atoms with Crippen molar-refractivity contribution in [2.24, 2.45) is 0 Å². The van der Waals surface area contributed by atoms with E-state index in [4.69, 9.17) is 9.15 Å². The lowest BCUT2D eigenvalue weighted by Crippen LogP contribution is -2.30. The highest BCUT2D eigenvalue weighted by molar-refractivity contribution is 5.98. The second-order valence-electron chi connectivity index (χ2n) is 6.49. The second kappa shape index (κ2) is 9.42. The lowest BCUT2D eigenvalue weighted by atomic mass is 10.1. The number of furan rings is 1. The van der Waals surface area contributed by atoms with E-state index in [0.29, 0.717) is 11.3 Å². The molecule has 0 saturated carbocycles. The molecule has 0 spiro atoms. The van der Waals surface area contributed by atoms with Gasteiger partial charge in [0.2, 0.25) is 0 Å². The average Bonchev–Trinajstić information content (AvgIpc) is 3.08. The van der Waals surface area contributed by atoms with Crippen LogP contribution in [0.1, 0.15) is 17.1 Å². The number of hydrogen-bond acceptors (Lipinski definition) is 6. The van der Waals surface area contributed by atoms with Crippen LogP contribution in [-0.4, -0.2) is 44.5 Å². The van der Waals surface area contributed by atoms with Gasteiger partial charge >= 0.3 is 5.97 Å². The molecule has 146 valence electrons. The number of esters is 1. The summed E-state index contributed by atoms with van der Waals surface area (Å²) in [5.74, 6) is 0.160. The van der Waals surface area contributed by atoms with E-state index in [1.807, 2.05) is 50.2 Å². The molecule has 1 aromatic heterocycles. The van der Waals surface area contributed by atoms with Gasteiger partial charge in [-0.25, -0.2) is 4.79 Å². The number of ether oxygens (including phenoxy) is 1. The molecule has 0 aliphatic heterocycles. The summed E-state index contributed by atoms with van der Waals surface area (Å²) >= 11 is 0. The highest BCUT2D eigenvalue weighted by Crippen LogP contribution is 2.15. The van der Waals surface area contributed by atoms with Crippen molar-refractivity contribution in [3.63, 3.8) is 0 Å². The van der Waals surface area contributed by atoms with Crippen molar-refractivity contribution >= 4 is 23.6 Å². The van der Waals surface area contributed by atoms with Gasteiger partial charge in [-0.2, -0.15) is 5.26 Å². The molecule has 0 radical (unpaired) electrons. The first kappa shape index (κ1) is 20.8. The van der Waals surface area contributed by atoms with Crippen molar-refractivity contribution in [1.82, 2.24) is 4.90 Å². The zero-order valence-corrected chi connectivity index (χ0v) is 16.4. The van der Waals surface area contributed by atoms with Gasteiger partial charge in [0.25, 0.3) is 5.91 Å². The monoisotopic (exact) mass is 381 g/mol. The summed E-state index contributed by atoms with van der Waals surface area (Å²) < 4.78 is 10.4. The molecule has 0 bridgehead atoms. The summed E-state index contributed by atoms with van der Waals surface area (Å²) in [6.45, 7) is 1.63. The Bertz CT molecular complexity index is 904. The second-order valence-corrected chi connectivity index (χ2v) is 6.49. The van der Waals surface area contributed by atoms with Crippen LogP contribution in [0.25, 0.3) is 6.08 Å². The summed E-state index contributed by atoms with van der Waals surface area (Å²) in [6.07, 6.45) is 1.43. The molecule has 1 heterocycles. The molecule has 0 N–H and O–H groups in total. The van der Waals surface area contributed by atoms with E-state index in [9.17, 15) is 14.9 Å². The van der Waals surface area contributed by atoms with Crippen LogP contribution in [0.5, 0.6) is 0 Å². The van der Waals surface area contributed by atoms with E-state index >= 15 is 0 Å². The van der Waals surface area contributed by atoms with E-state index in [-0.39, 0.29) is 12.1 Å². The van der Waals surface area contributed by atoms with Gasteiger partial charge in [0.15, 0.2) is 6.61 Å². The number of anilines is 1. The first-order valence-corrected chi connectivity index (χ1v) is 8.65. The Morgan fingerprint density at radius 1 is 1.14 bits per heavy atom. The molecule has 0 fully saturated rings. The number of carbonyl (C=O) groups excluding carboxylic acids is 2. The summed E-state index contributed by atoms with van der Waals surface area (Å²) in [7, 11) is 5.43. The van der Waals surface area contributed by atoms with Crippen molar-refractivity contribution in [1.29, 1.82) is 5.26 Å². The van der Waals surface area contributed by atoms with E-state index in [1.165, 1.54) is 11.0 Å². The predicted octanol–water partition coefficient (Wildman–Crippen LogP) is 2.76. The number of hydrogen-bond donors (Lipinski definition) is 0. The van der Waals surface area contributed by atoms with Crippen molar-refractivity contribution in [3.05, 3.63) is 59.1 Å². The average molecular weight is 381 g/mol. The number of rotatable bonds is 7. The van der Waals surface area contributed by atoms with Gasteiger partial charge in [0, 0.05) is 26.8 Å². The number of carbonyl (C=O) groups is 2. The topological polar surface area (TPSA) is 86.8 Å². The maximum Gasteiger partial charge on any atom is 0.349 e. The Kier molecular flexibility index (Phi) is 6.99. The van der Waals surface area contributed by atoms with Crippen LogP contribution in [0.15, 0.2) is 46.4 Å². The molecule has 0 aliphatic carbocycles. The minimum atomic E-state index is -0.838. The number of likely N-dealkylation sites (N-methyl/N-ethyl adjacent to an activating group) is 1. The lowest BCUT2D eigenvalue weighted by molar-refractivity contribution is -0.148. The third-order valence-corrected chi connectivity index (χ3v) is 4.00. The Morgan fingerprint density at radius 2 is 1.82 bits per heavy atom. The Morgan fingerprint density at radius 3 is 2.36 bits per heavy atom. The van der Waals surface area contributed by atoms with Gasteiger partial charge in [0.1, 0.15) is 23.2 Å². The minimum Gasteiger partial charge on any atom is -0.464 e. The SMILES string of the molecule is Cc1ccc(CN(C)C(=O)COC(=O)/C(C#N)=C/c2ccc(N(C)C)cc2)o1. The van der Waals surface area contributed by atoms with Gasteiger partial charge < -0.3 is 19.0 Å². The third-order valence-electron chi connectivity index (χ3n) is 4.00. The van der Waals surface area contributed by atoms with E-state index in [2.05, 4.69) is 0 Å². The molecular weight excluding hydrogens is 358 g/mol. The van der Waals surface area contributed by atoms with Crippen molar-refractivity contribution in [2.45, 2.75) is 13.5 Å². The molecule has 7 nitrogen and oxygen atoms in total. The van der Waals surface area contributed by atoms with Gasteiger partial charge in [-0.3, -0.25) is 4.79 Å². The predicted molar refractivity (Wildman–Crippen MR) is 105 cm³/mol. The number of benzene rings is 1. The molecule has 2 aromatic rings. The lowest BCUT2D eigenvalue weighted by Gasteiger charge is -2.15. The standard InChI is InChI=1S/C21H23N3O4/c1-15-5-10-19(28-15)13-24(4)20(25)14-27-21(26)17(12-22)11-16-6-8-18(9-7-16)23(2)3/h5-11H,13-14H2,1-4H3/b17-11+. The van der Waals surface area contributed by atoms with Crippen molar-refractivity contribution < 1.29 is 18.7 Å². The molecule has 0 atom stereocenters. The van der Waals surface area contributed by atoms with Crippen LogP contribution in [0.3, 0.4) is 0 Å². The van der Waals surface area contributed by atoms with Crippen LogP contribution in [0.4, 0.5) is 5.69 Å². The van der Waals surface area contributed by atoms with E-state index in [1.54, 1.807) is 25.2 Å². The molecule has 2 rings (SSSR count). The normalized spacial score (nSPS) is 10.9. The first-order chi connectivity index (χ1) is 13.3. The van der Waals surface area contributed by atoms with E-state index in [0.717, 1.165) is 11.4 Å². The summed E-state index contributed by atoms with van der Waals surface area (Å²) in [6, 6.07) is 12.8. The van der Waals surface area contributed by atoms with Gasteiger partial charge in [-0.05, 0) is 42.8 Å². The van der Waals surface area contributed by atoms with Crippen LogP contribution < -0.4 is 4.90 Å². The quantitative estimate of drug-likeness (QED) is 0.416. The fourth-order valence-electron chi connectivity index (χ4n) is 2.38. The van der Waals surface area contributed by atoms with Gasteiger partial charge in [-0.1, -0.05) is 12.1 Å². The summed E-state index contributed by atoms with van der Waals surface area (Å²) in [4.78, 5) is 27.6. The fraction of sp³-hybridized carbons (Fsp3) is 0.286. The smallest absolute Gasteiger partial charge is 0.349 e. The zero-order valence-electron chi connectivity index (χ0n) is 16.4. The Hall–Kier alpha value is -3.53. The zero-order chi connectivity index (χ0) is 20.7. The first-order valence-electron chi connectivity index (χ1n) is 8.65. The van der Waals surface area contributed by atoms with Crippen molar-refractivity contribution in [2.75, 3.05) is 32.6 Å². The van der Waals surface area contributed by atoms with Crippen molar-refractivity contribution in [3.8, 4) is 6.07 Å². The van der Waals surface area contributed by atoms with Crippen LogP contribution in [0.2, 0.25) is 0 Å². The van der Waals surface area contributed by atoms with Crippen LogP contribution in [0, 0.1) is 18.3 Å². The van der Waals surface area contributed by atoms with E-state index < -0.39 is 18.5 Å². The number of amides is 1. The Balaban J connectivity index is 1.94. The molecule has 0 aliphatic rings.